The number of hydrogen-bond acceptors (Lipinski definition) is 10. The fraction of sp³-hybridized carbons (Fsp3) is 0.0833. The third-order valence-electron chi connectivity index (χ3n) is 4.90. The minimum atomic E-state index is 0.622. The highest BCUT2D eigenvalue weighted by Gasteiger charge is 2.12. The van der Waals surface area contributed by atoms with Gasteiger partial charge in [0, 0.05) is 40.3 Å². The molecule has 0 amide bonds. The number of halogens is 1. The van der Waals surface area contributed by atoms with Gasteiger partial charge in [-0.05, 0) is 38.1 Å². The second kappa shape index (κ2) is 11.3. The van der Waals surface area contributed by atoms with Gasteiger partial charge in [0.1, 0.15) is 21.7 Å². The molecular formula is C24H21ClN10S2. The van der Waals surface area contributed by atoms with Gasteiger partial charge in [-0.3, -0.25) is 10.2 Å². The molecule has 0 saturated heterocycles. The van der Waals surface area contributed by atoms with Crippen LogP contribution in [0.5, 0.6) is 0 Å². The molecule has 0 atom stereocenters. The summed E-state index contributed by atoms with van der Waals surface area (Å²) in [6.07, 6.45) is 7.03. The van der Waals surface area contributed by atoms with Gasteiger partial charge in [-0.25, -0.2) is 19.9 Å². The van der Waals surface area contributed by atoms with Crippen LogP contribution in [0.15, 0.2) is 66.6 Å². The minimum Gasteiger partial charge on any atom is -0.316 e. The maximum absolute atomic E-state index is 6.19. The van der Waals surface area contributed by atoms with Gasteiger partial charge in [-0.15, -0.1) is 11.3 Å². The molecule has 0 saturated carbocycles. The van der Waals surface area contributed by atoms with Gasteiger partial charge in [-0.2, -0.15) is 10.2 Å². The molecule has 13 heteroatoms. The van der Waals surface area contributed by atoms with Crippen LogP contribution in [0.3, 0.4) is 0 Å². The van der Waals surface area contributed by atoms with E-state index in [-0.39, 0.29) is 0 Å². The molecule has 0 spiro atoms. The van der Waals surface area contributed by atoms with Gasteiger partial charge in [0.05, 0.1) is 18.1 Å². The standard InChI is InChI=1S/C12H10ClN5S.C12H11N5S/c1-7-3-2-4-9(16-7)17-12-18-10(11(13)19-12)8-5-14-15-6-8;1-8-3-2-4-11(15-8)17-12-16-10(7-18-12)9-5-13-14-6-9/h2-6H,1H3,(H,14,15)(H,16,17,18);2-7H,1H3,(H,13,14)(H,15,16,17). The first-order chi connectivity index (χ1) is 18.0. The van der Waals surface area contributed by atoms with Crippen molar-refractivity contribution in [3.05, 3.63) is 82.3 Å². The van der Waals surface area contributed by atoms with E-state index in [0.29, 0.717) is 9.47 Å². The largest absolute Gasteiger partial charge is 0.316 e. The zero-order valence-corrected chi connectivity index (χ0v) is 22.1. The lowest BCUT2D eigenvalue weighted by Gasteiger charge is -2.01. The molecule has 6 aromatic heterocycles. The minimum absolute atomic E-state index is 0.622. The van der Waals surface area contributed by atoms with Gasteiger partial charge in [0.15, 0.2) is 10.3 Å². The summed E-state index contributed by atoms with van der Waals surface area (Å²) in [4.78, 5) is 17.7. The van der Waals surface area contributed by atoms with E-state index < -0.39 is 0 Å². The number of pyridine rings is 2. The van der Waals surface area contributed by atoms with Crippen molar-refractivity contribution in [1.82, 2.24) is 40.3 Å². The first-order valence-corrected chi connectivity index (χ1v) is 13.1. The Labute approximate surface area is 225 Å². The van der Waals surface area contributed by atoms with Gasteiger partial charge in [0.2, 0.25) is 0 Å². The van der Waals surface area contributed by atoms with E-state index >= 15 is 0 Å². The first-order valence-electron chi connectivity index (χ1n) is 11.0. The summed E-state index contributed by atoms with van der Waals surface area (Å²) < 4.78 is 0.622. The Morgan fingerprint density at radius 1 is 0.757 bits per heavy atom. The van der Waals surface area contributed by atoms with Gasteiger partial charge in [-0.1, -0.05) is 35.1 Å². The van der Waals surface area contributed by atoms with Gasteiger partial charge in [0.25, 0.3) is 0 Å². The fourth-order valence-corrected chi connectivity index (χ4v) is 5.03. The molecule has 0 unspecified atom stereocenters. The van der Waals surface area contributed by atoms with Crippen molar-refractivity contribution in [3.63, 3.8) is 0 Å². The molecule has 6 rings (SSSR count). The molecule has 0 aliphatic rings. The fourth-order valence-electron chi connectivity index (χ4n) is 3.21. The first kappa shape index (κ1) is 24.6. The Balaban J connectivity index is 0.000000152. The molecule has 6 heterocycles. The Bertz CT molecular complexity index is 1570. The highest BCUT2D eigenvalue weighted by atomic mass is 35.5. The number of anilines is 4. The molecule has 4 N–H and O–H groups in total. The summed E-state index contributed by atoms with van der Waals surface area (Å²) in [6, 6.07) is 11.6. The highest BCUT2D eigenvalue weighted by molar-refractivity contribution is 7.20. The molecule has 0 aliphatic carbocycles. The lowest BCUT2D eigenvalue weighted by molar-refractivity contribution is 1.09. The van der Waals surface area contributed by atoms with E-state index in [2.05, 4.69) is 51.0 Å². The zero-order chi connectivity index (χ0) is 25.6. The van der Waals surface area contributed by atoms with E-state index in [1.54, 1.807) is 29.9 Å². The monoisotopic (exact) mass is 548 g/mol. The van der Waals surface area contributed by atoms with Crippen molar-refractivity contribution in [2.45, 2.75) is 13.8 Å². The van der Waals surface area contributed by atoms with Crippen LogP contribution in [-0.2, 0) is 0 Å². The lowest BCUT2D eigenvalue weighted by Crippen LogP contribution is -1.93. The smallest absolute Gasteiger partial charge is 0.190 e. The van der Waals surface area contributed by atoms with E-state index in [0.717, 1.165) is 50.7 Å². The third-order valence-corrected chi connectivity index (χ3v) is 6.83. The van der Waals surface area contributed by atoms with Crippen molar-refractivity contribution in [3.8, 4) is 22.5 Å². The highest BCUT2D eigenvalue weighted by Crippen LogP contribution is 2.35. The number of aromatic nitrogens is 8. The Kier molecular flexibility index (Phi) is 7.49. The SMILES string of the molecule is Cc1cccc(Nc2nc(-c3cn[nH]c3)c(Cl)s2)n1.Cc1cccc(Nc2nc(-c3cn[nH]c3)cs2)n1. The Hall–Kier alpha value is -4.13. The number of H-pyrrole nitrogens is 2. The summed E-state index contributed by atoms with van der Waals surface area (Å²) in [5.41, 5.74) is 5.40. The molecule has 0 aromatic carbocycles. The summed E-state index contributed by atoms with van der Waals surface area (Å²) >= 11 is 9.11. The molecule has 0 fully saturated rings. The number of nitrogens with zero attached hydrogens (tertiary/aromatic N) is 6. The van der Waals surface area contributed by atoms with E-state index in [1.165, 1.54) is 11.3 Å². The Morgan fingerprint density at radius 2 is 1.38 bits per heavy atom. The van der Waals surface area contributed by atoms with Crippen LogP contribution in [0.25, 0.3) is 22.5 Å². The average Bonchev–Trinajstić information content (AvgIpc) is 3.68. The van der Waals surface area contributed by atoms with Crippen LogP contribution in [0.4, 0.5) is 21.9 Å². The van der Waals surface area contributed by atoms with Gasteiger partial charge >= 0.3 is 0 Å². The lowest BCUT2D eigenvalue weighted by atomic mass is 10.3. The molecule has 10 nitrogen and oxygen atoms in total. The summed E-state index contributed by atoms with van der Waals surface area (Å²) in [5.74, 6) is 1.56. The maximum Gasteiger partial charge on any atom is 0.190 e. The predicted octanol–water partition coefficient (Wildman–Crippen LogP) is 6.61. The van der Waals surface area contributed by atoms with Crippen molar-refractivity contribution in [2.24, 2.45) is 0 Å². The van der Waals surface area contributed by atoms with Crippen molar-refractivity contribution in [1.29, 1.82) is 0 Å². The molecule has 6 aromatic rings. The van der Waals surface area contributed by atoms with Crippen LogP contribution in [-0.4, -0.2) is 40.3 Å². The predicted molar refractivity (Wildman–Crippen MR) is 149 cm³/mol. The van der Waals surface area contributed by atoms with Crippen LogP contribution in [0.1, 0.15) is 11.4 Å². The zero-order valence-electron chi connectivity index (χ0n) is 19.7. The van der Waals surface area contributed by atoms with Crippen LogP contribution in [0, 0.1) is 13.8 Å². The van der Waals surface area contributed by atoms with E-state index in [1.807, 2.05) is 61.8 Å². The number of aromatic amines is 2. The molecule has 37 heavy (non-hydrogen) atoms. The molecular weight excluding hydrogens is 528 g/mol. The quantitative estimate of drug-likeness (QED) is 0.182. The molecule has 186 valence electrons. The molecule has 0 radical (unpaired) electrons. The number of nitrogens with one attached hydrogen (secondary N) is 4. The number of aryl methyl sites for hydroxylation is 2. The topological polar surface area (TPSA) is 133 Å². The molecule has 0 aliphatic heterocycles. The van der Waals surface area contributed by atoms with Crippen molar-refractivity contribution < 1.29 is 0 Å². The van der Waals surface area contributed by atoms with Crippen molar-refractivity contribution >= 4 is 56.2 Å². The normalized spacial score (nSPS) is 10.6. The van der Waals surface area contributed by atoms with Crippen molar-refractivity contribution in [2.75, 3.05) is 10.6 Å². The van der Waals surface area contributed by atoms with Gasteiger partial charge < -0.3 is 10.6 Å². The molecule has 0 bridgehead atoms. The number of thiazole rings is 2. The second-order valence-electron chi connectivity index (χ2n) is 7.73. The van der Waals surface area contributed by atoms with Crippen LogP contribution < -0.4 is 10.6 Å². The second-order valence-corrected chi connectivity index (χ2v) is 10.2. The summed E-state index contributed by atoms with van der Waals surface area (Å²) in [6.45, 7) is 3.90. The van der Waals surface area contributed by atoms with E-state index in [9.17, 15) is 0 Å². The number of hydrogen-bond donors (Lipinski definition) is 4. The van der Waals surface area contributed by atoms with Crippen LogP contribution in [0.2, 0.25) is 4.34 Å². The third kappa shape index (κ3) is 6.36. The maximum atomic E-state index is 6.19. The van der Waals surface area contributed by atoms with E-state index in [4.69, 9.17) is 11.6 Å². The summed E-state index contributed by atoms with van der Waals surface area (Å²) in [7, 11) is 0. The number of rotatable bonds is 6. The Morgan fingerprint density at radius 3 is 1.97 bits per heavy atom. The van der Waals surface area contributed by atoms with Crippen LogP contribution >= 0.6 is 34.3 Å². The average molecular weight is 549 g/mol. The summed E-state index contributed by atoms with van der Waals surface area (Å²) in [5, 5.41) is 23.2.